The number of amides is 2. The van der Waals surface area contributed by atoms with Crippen LogP contribution in [0.15, 0.2) is 127 Å². The van der Waals surface area contributed by atoms with Crippen LogP contribution in [0.25, 0.3) is 11.1 Å². The quantitative estimate of drug-likeness (QED) is 0.0639. The molecular formula is C48H51N3O6. The molecule has 1 aliphatic heterocycles. The number of nitrogens with zero attached hydrogens (tertiary/aromatic N) is 1. The van der Waals surface area contributed by atoms with Crippen LogP contribution in [-0.2, 0) is 38.8 Å². The van der Waals surface area contributed by atoms with Crippen LogP contribution in [0.1, 0.15) is 83.9 Å². The molecule has 0 radical (unpaired) electrons. The van der Waals surface area contributed by atoms with Crippen LogP contribution in [-0.4, -0.2) is 49.2 Å². The number of rotatable bonds is 19. The minimum Gasteiger partial charge on any atom is -0.494 e. The highest BCUT2D eigenvalue weighted by Crippen LogP contribution is 2.44. The second-order valence-corrected chi connectivity index (χ2v) is 14.7. The molecule has 294 valence electrons. The first kappa shape index (κ1) is 39.3. The predicted octanol–water partition coefficient (Wildman–Crippen LogP) is 8.86. The van der Waals surface area contributed by atoms with Crippen molar-refractivity contribution in [2.45, 2.75) is 70.2 Å². The lowest BCUT2D eigenvalue weighted by molar-refractivity contribution is -0.152. The van der Waals surface area contributed by atoms with Gasteiger partial charge < -0.3 is 24.8 Å². The van der Waals surface area contributed by atoms with E-state index in [0.29, 0.717) is 45.8 Å². The second-order valence-electron chi connectivity index (χ2n) is 14.7. The molecule has 1 atom stereocenters. The summed E-state index contributed by atoms with van der Waals surface area (Å²) < 4.78 is 17.4. The highest BCUT2D eigenvalue weighted by Gasteiger charge is 2.33. The maximum Gasteiger partial charge on any atom is 0.407 e. The van der Waals surface area contributed by atoms with Crippen molar-refractivity contribution in [3.05, 3.63) is 161 Å². The van der Waals surface area contributed by atoms with Gasteiger partial charge in [-0.3, -0.25) is 9.69 Å². The van der Waals surface area contributed by atoms with E-state index in [9.17, 15) is 14.4 Å². The molecule has 9 heteroatoms. The summed E-state index contributed by atoms with van der Waals surface area (Å²) in [5.74, 6) is 0.534. The van der Waals surface area contributed by atoms with Crippen molar-refractivity contribution >= 4 is 18.0 Å². The lowest BCUT2D eigenvalue weighted by Gasteiger charge is -2.26. The van der Waals surface area contributed by atoms with E-state index in [0.717, 1.165) is 49.0 Å². The number of unbranched alkanes of at least 4 members (excludes halogenated alkanes) is 3. The zero-order chi connectivity index (χ0) is 39.2. The minimum absolute atomic E-state index is 0.0361. The lowest BCUT2D eigenvalue weighted by atomic mass is 9.98. The molecule has 1 aliphatic carbocycles. The standard InChI is InChI=1S/C48H51N3O6/c52-45(23-5-2-12-29-50-48(54)57-34-44-42-21-10-8-19-40(42)41-20-9-11-22-43(41)44)49-28-13-14-30-55-39-26-24-36(25-27-39)46(47(53)56-33-35-15-3-1-4-16-35)51-31-37-17-6-7-18-38(37)32-51/h1,3-4,6-11,15-22,24-27,44,46H,2,5,12-14,23,28-34H2,(H,49,52)(H,50,54)/t46-/m0/s1. The predicted molar refractivity (Wildman–Crippen MR) is 220 cm³/mol. The van der Waals surface area contributed by atoms with Crippen LogP contribution in [0, 0.1) is 0 Å². The van der Waals surface area contributed by atoms with E-state index in [1.807, 2.05) is 91.0 Å². The van der Waals surface area contributed by atoms with E-state index in [2.05, 4.69) is 51.9 Å². The van der Waals surface area contributed by atoms with Gasteiger partial charge in [0.15, 0.2) is 0 Å². The van der Waals surface area contributed by atoms with E-state index in [1.165, 1.54) is 33.4 Å². The number of hydrogen-bond donors (Lipinski definition) is 2. The third kappa shape index (κ3) is 10.5. The Morgan fingerprint density at radius 1 is 0.632 bits per heavy atom. The van der Waals surface area contributed by atoms with Crippen molar-refractivity contribution in [2.75, 3.05) is 26.3 Å². The molecule has 1 heterocycles. The Bertz CT molecular complexity index is 2030. The van der Waals surface area contributed by atoms with Crippen molar-refractivity contribution in [1.82, 2.24) is 15.5 Å². The summed E-state index contributed by atoms with van der Waals surface area (Å²) in [5.41, 5.74) is 9.06. The first-order valence-electron chi connectivity index (χ1n) is 20.1. The third-order valence-electron chi connectivity index (χ3n) is 10.7. The van der Waals surface area contributed by atoms with Gasteiger partial charge in [0.2, 0.25) is 5.91 Å². The monoisotopic (exact) mass is 765 g/mol. The maximum atomic E-state index is 13.5. The molecule has 5 aromatic rings. The molecule has 0 unspecified atom stereocenters. The van der Waals surface area contributed by atoms with Gasteiger partial charge in [-0.25, -0.2) is 9.59 Å². The largest absolute Gasteiger partial charge is 0.494 e. The summed E-state index contributed by atoms with van der Waals surface area (Å²) in [5, 5.41) is 5.85. The zero-order valence-electron chi connectivity index (χ0n) is 32.4. The molecule has 0 saturated heterocycles. The minimum atomic E-state index is -0.537. The van der Waals surface area contributed by atoms with Gasteiger partial charge in [0, 0.05) is 38.5 Å². The number of carbonyl (C=O) groups is 3. The summed E-state index contributed by atoms with van der Waals surface area (Å²) in [4.78, 5) is 40.5. The molecular weight excluding hydrogens is 715 g/mol. The Morgan fingerprint density at radius 3 is 1.95 bits per heavy atom. The number of carbonyl (C=O) groups excluding carboxylic acids is 3. The van der Waals surface area contributed by atoms with Gasteiger partial charge in [0.05, 0.1) is 6.61 Å². The summed E-state index contributed by atoms with van der Waals surface area (Å²) in [7, 11) is 0. The van der Waals surface area contributed by atoms with Gasteiger partial charge in [-0.1, -0.05) is 122 Å². The molecule has 0 spiro atoms. The highest BCUT2D eigenvalue weighted by molar-refractivity contribution is 5.79. The number of esters is 1. The molecule has 57 heavy (non-hydrogen) atoms. The average molecular weight is 766 g/mol. The van der Waals surface area contributed by atoms with Crippen molar-refractivity contribution in [2.24, 2.45) is 0 Å². The molecule has 2 N–H and O–H groups in total. The highest BCUT2D eigenvalue weighted by atomic mass is 16.5. The van der Waals surface area contributed by atoms with Crippen LogP contribution in [0.4, 0.5) is 4.79 Å². The molecule has 0 aromatic heterocycles. The molecule has 9 nitrogen and oxygen atoms in total. The molecule has 5 aromatic carbocycles. The first-order chi connectivity index (χ1) is 28.0. The van der Waals surface area contributed by atoms with Crippen LogP contribution in [0.3, 0.4) is 0 Å². The second kappa shape index (κ2) is 19.8. The molecule has 0 fully saturated rings. The lowest BCUT2D eigenvalue weighted by Crippen LogP contribution is -2.31. The van der Waals surface area contributed by atoms with Crippen LogP contribution in [0.2, 0.25) is 0 Å². The number of ether oxygens (including phenoxy) is 3. The number of alkyl carbamates (subject to hydrolysis) is 1. The van der Waals surface area contributed by atoms with Crippen LogP contribution >= 0.6 is 0 Å². The van der Waals surface area contributed by atoms with Gasteiger partial charge in [0.25, 0.3) is 0 Å². The average Bonchev–Trinajstić information content (AvgIpc) is 3.82. The third-order valence-corrected chi connectivity index (χ3v) is 10.7. The number of fused-ring (bicyclic) bond motifs is 4. The summed E-state index contributed by atoms with van der Waals surface area (Å²) >= 11 is 0. The number of hydrogen-bond acceptors (Lipinski definition) is 7. The van der Waals surface area contributed by atoms with Crippen LogP contribution in [0.5, 0.6) is 5.75 Å². The van der Waals surface area contributed by atoms with Gasteiger partial charge in [-0.05, 0) is 82.3 Å². The van der Waals surface area contributed by atoms with E-state index in [1.54, 1.807) is 0 Å². The van der Waals surface area contributed by atoms with Gasteiger partial charge in [-0.15, -0.1) is 0 Å². The fourth-order valence-corrected chi connectivity index (χ4v) is 7.75. The molecule has 2 amide bonds. The van der Waals surface area contributed by atoms with Gasteiger partial charge in [0.1, 0.15) is 25.0 Å². The fourth-order valence-electron chi connectivity index (χ4n) is 7.75. The molecule has 2 aliphatic rings. The van der Waals surface area contributed by atoms with E-state index in [-0.39, 0.29) is 24.4 Å². The fraction of sp³-hybridized carbons (Fsp3) is 0.312. The Balaban J connectivity index is 0.748. The zero-order valence-corrected chi connectivity index (χ0v) is 32.4. The van der Waals surface area contributed by atoms with Gasteiger partial charge in [-0.2, -0.15) is 0 Å². The normalized spacial score (nSPS) is 13.5. The van der Waals surface area contributed by atoms with Crippen molar-refractivity contribution in [3.8, 4) is 16.9 Å². The molecule has 7 rings (SSSR count). The Kier molecular flexibility index (Phi) is 13.6. The topological polar surface area (TPSA) is 106 Å². The molecule has 0 saturated carbocycles. The maximum absolute atomic E-state index is 13.5. The van der Waals surface area contributed by atoms with Crippen LogP contribution < -0.4 is 15.4 Å². The Hall–Kier alpha value is -5.93. The Morgan fingerprint density at radius 2 is 1.25 bits per heavy atom. The van der Waals surface area contributed by atoms with E-state index >= 15 is 0 Å². The first-order valence-corrected chi connectivity index (χ1v) is 20.1. The van der Waals surface area contributed by atoms with Gasteiger partial charge >= 0.3 is 12.1 Å². The summed E-state index contributed by atoms with van der Waals surface area (Å²) in [6, 6.07) is 41.8. The number of benzene rings is 5. The van der Waals surface area contributed by atoms with E-state index in [4.69, 9.17) is 14.2 Å². The number of nitrogens with one attached hydrogen (secondary N) is 2. The SMILES string of the molecule is O=C(CCCCCNC(=O)OCC1c2ccccc2-c2ccccc21)NCCCCOc1ccc([C@@H](C(=O)OCc2ccccc2)N2Cc3ccccc3C2)cc1. The van der Waals surface area contributed by atoms with Crippen molar-refractivity contribution < 1.29 is 28.6 Å². The Labute approximate surface area is 335 Å². The van der Waals surface area contributed by atoms with Crippen molar-refractivity contribution in [3.63, 3.8) is 0 Å². The summed E-state index contributed by atoms with van der Waals surface area (Å²) in [6.07, 6.45) is 4.02. The van der Waals surface area contributed by atoms with E-state index < -0.39 is 12.1 Å². The smallest absolute Gasteiger partial charge is 0.407 e. The molecule has 0 bridgehead atoms. The van der Waals surface area contributed by atoms with Crippen molar-refractivity contribution in [1.29, 1.82) is 0 Å². The summed E-state index contributed by atoms with van der Waals surface area (Å²) in [6.45, 7) is 3.51.